The van der Waals surface area contributed by atoms with Crippen molar-refractivity contribution in [2.24, 2.45) is 0 Å². The van der Waals surface area contributed by atoms with Gasteiger partial charge in [-0.2, -0.15) is 0 Å². The third-order valence-electron chi connectivity index (χ3n) is 3.59. The van der Waals surface area contributed by atoms with Crippen molar-refractivity contribution in [2.75, 3.05) is 5.73 Å². The first-order valence-electron chi connectivity index (χ1n) is 6.35. The van der Waals surface area contributed by atoms with Crippen molar-refractivity contribution in [1.29, 1.82) is 0 Å². The zero-order valence-electron chi connectivity index (χ0n) is 9.85. The normalized spacial score (nSPS) is 18.4. The van der Waals surface area contributed by atoms with Gasteiger partial charge in [0.25, 0.3) is 0 Å². The van der Waals surface area contributed by atoms with Crippen LogP contribution in [0.25, 0.3) is 10.2 Å². The topological polar surface area (TPSA) is 51.8 Å². The Morgan fingerprint density at radius 2 is 1.88 bits per heavy atom. The van der Waals surface area contributed by atoms with E-state index in [1.54, 1.807) is 11.3 Å². The number of nitrogens with two attached hydrogens (primary N) is 1. The minimum atomic E-state index is 0.520. The maximum absolute atomic E-state index is 6.00. The number of thiophene rings is 1. The van der Waals surface area contributed by atoms with Crippen molar-refractivity contribution in [3.05, 3.63) is 17.3 Å². The lowest BCUT2D eigenvalue weighted by atomic mass is 9.99. The molecule has 0 radical (unpaired) electrons. The lowest BCUT2D eigenvalue weighted by molar-refractivity contribution is 0.564. The molecule has 0 aromatic carbocycles. The summed E-state index contributed by atoms with van der Waals surface area (Å²) >= 11 is 1.65. The summed E-state index contributed by atoms with van der Waals surface area (Å²) in [6, 6.07) is 2.01. The molecule has 1 fully saturated rings. The Balaban J connectivity index is 1.98. The highest BCUT2D eigenvalue weighted by Crippen LogP contribution is 2.32. The van der Waals surface area contributed by atoms with Crippen molar-refractivity contribution in [2.45, 2.75) is 44.4 Å². The van der Waals surface area contributed by atoms with E-state index >= 15 is 0 Å². The van der Waals surface area contributed by atoms with Gasteiger partial charge in [0.15, 0.2) is 0 Å². The standard InChI is InChI=1S/C13H17N3S/c14-11-10-7-8-17-13(10)16-12(15-11)9-5-3-1-2-4-6-9/h7-9H,1-6H2,(H2,14,15,16). The predicted octanol–water partition coefficient (Wildman–Crippen LogP) is 3.71. The van der Waals surface area contributed by atoms with Gasteiger partial charge >= 0.3 is 0 Å². The van der Waals surface area contributed by atoms with E-state index in [4.69, 9.17) is 5.73 Å². The van der Waals surface area contributed by atoms with Gasteiger partial charge in [0.05, 0.1) is 5.39 Å². The fraction of sp³-hybridized carbons (Fsp3) is 0.538. The van der Waals surface area contributed by atoms with Crippen LogP contribution in [0.2, 0.25) is 0 Å². The molecule has 0 saturated heterocycles. The number of aromatic nitrogens is 2. The number of hydrogen-bond acceptors (Lipinski definition) is 4. The molecule has 0 spiro atoms. The lowest BCUT2D eigenvalue weighted by Crippen LogP contribution is -2.06. The van der Waals surface area contributed by atoms with Crippen LogP contribution >= 0.6 is 11.3 Å². The van der Waals surface area contributed by atoms with Crippen LogP contribution in [-0.4, -0.2) is 9.97 Å². The average Bonchev–Trinajstić information content (AvgIpc) is 2.63. The van der Waals surface area contributed by atoms with Crippen molar-refractivity contribution in [1.82, 2.24) is 9.97 Å². The van der Waals surface area contributed by atoms with E-state index < -0.39 is 0 Å². The smallest absolute Gasteiger partial charge is 0.135 e. The van der Waals surface area contributed by atoms with E-state index in [1.807, 2.05) is 11.4 Å². The molecule has 0 unspecified atom stereocenters. The lowest BCUT2D eigenvalue weighted by Gasteiger charge is -2.12. The van der Waals surface area contributed by atoms with Gasteiger partial charge in [0, 0.05) is 5.92 Å². The second-order valence-electron chi connectivity index (χ2n) is 4.79. The molecular weight excluding hydrogens is 230 g/mol. The van der Waals surface area contributed by atoms with Gasteiger partial charge in [-0.05, 0) is 24.3 Å². The van der Waals surface area contributed by atoms with Gasteiger partial charge in [-0.25, -0.2) is 9.97 Å². The zero-order chi connectivity index (χ0) is 11.7. The summed E-state index contributed by atoms with van der Waals surface area (Å²) in [7, 11) is 0. The Bertz CT molecular complexity index is 512. The summed E-state index contributed by atoms with van der Waals surface area (Å²) in [6.07, 6.45) is 7.75. The monoisotopic (exact) mass is 247 g/mol. The zero-order valence-corrected chi connectivity index (χ0v) is 10.7. The summed E-state index contributed by atoms with van der Waals surface area (Å²) in [5.74, 6) is 2.14. The molecule has 2 N–H and O–H groups in total. The van der Waals surface area contributed by atoms with E-state index in [0.29, 0.717) is 11.7 Å². The number of hydrogen-bond donors (Lipinski definition) is 1. The largest absolute Gasteiger partial charge is 0.383 e. The summed E-state index contributed by atoms with van der Waals surface area (Å²) < 4.78 is 0. The Morgan fingerprint density at radius 1 is 1.12 bits per heavy atom. The third-order valence-corrected chi connectivity index (χ3v) is 4.40. The van der Waals surface area contributed by atoms with Crippen molar-refractivity contribution in [3.8, 4) is 0 Å². The van der Waals surface area contributed by atoms with Crippen LogP contribution in [0, 0.1) is 0 Å². The number of fused-ring (bicyclic) bond motifs is 1. The second kappa shape index (κ2) is 4.61. The highest BCUT2D eigenvalue weighted by Gasteiger charge is 2.18. The maximum Gasteiger partial charge on any atom is 0.135 e. The minimum Gasteiger partial charge on any atom is -0.383 e. The van der Waals surface area contributed by atoms with Gasteiger partial charge in [-0.15, -0.1) is 11.3 Å². The van der Waals surface area contributed by atoms with E-state index in [9.17, 15) is 0 Å². The molecule has 4 heteroatoms. The van der Waals surface area contributed by atoms with Gasteiger partial charge in [-0.1, -0.05) is 25.7 Å². The highest BCUT2D eigenvalue weighted by atomic mass is 32.1. The quantitative estimate of drug-likeness (QED) is 0.781. The van der Waals surface area contributed by atoms with Crippen LogP contribution in [0.15, 0.2) is 11.4 Å². The highest BCUT2D eigenvalue weighted by molar-refractivity contribution is 7.16. The molecule has 0 atom stereocenters. The number of anilines is 1. The average molecular weight is 247 g/mol. The molecule has 1 saturated carbocycles. The molecule has 2 aromatic heterocycles. The second-order valence-corrected chi connectivity index (χ2v) is 5.69. The molecule has 0 bridgehead atoms. The minimum absolute atomic E-state index is 0.520. The van der Waals surface area contributed by atoms with Gasteiger partial charge in [-0.3, -0.25) is 0 Å². The first-order chi connectivity index (χ1) is 8.34. The molecule has 0 amide bonds. The molecule has 2 aromatic rings. The molecular formula is C13H17N3S. The maximum atomic E-state index is 6.00. The van der Waals surface area contributed by atoms with E-state index in [1.165, 1.54) is 38.5 Å². The van der Waals surface area contributed by atoms with E-state index in [-0.39, 0.29) is 0 Å². The first-order valence-corrected chi connectivity index (χ1v) is 7.23. The number of nitrogen functional groups attached to an aromatic ring is 1. The Hall–Kier alpha value is -1.16. The van der Waals surface area contributed by atoms with Crippen molar-refractivity contribution < 1.29 is 0 Å². The van der Waals surface area contributed by atoms with Crippen LogP contribution < -0.4 is 5.73 Å². The van der Waals surface area contributed by atoms with Crippen LogP contribution in [-0.2, 0) is 0 Å². The van der Waals surface area contributed by atoms with E-state index in [2.05, 4.69) is 9.97 Å². The summed E-state index contributed by atoms with van der Waals surface area (Å²) in [5.41, 5.74) is 6.00. The fourth-order valence-electron chi connectivity index (χ4n) is 2.62. The van der Waals surface area contributed by atoms with E-state index in [0.717, 1.165) is 16.0 Å². The fourth-order valence-corrected chi connectivity index (χ4v) is 3.39. The van der Waals surface area contributed by atoms with Crippen molar-refractivity contribution >= 4 is 27.4 Å². The van der Waals surface area contributed by atoms with Crippen LogP contribution in [0.1, 0.15) is 50.3 Å². The molecule has 1 aliphatic carbocycles. The first kappa shape index (κ1) is 11.0. The molecule has 17 heavy (non-hydrogen) atoms. The number of nitrogens with zero attached hydrogens (tertiary/aromatic N) is 2. The molecule has 3 nitrogen and oxygen atoms in total. The molecule has 0 aliphatic heterocycles. The predicted molar refractivity (Wildman–Crippen MR) is 72.3 cm³/mol. The summed E-state index contributed by atoms with van der Waals surface area (Å²) in [6.45, 7) is 0. The Kier molecular flexibility index (Phi) is 2.97. The molecule has 3 rings (SSSR count). The van der Waals surface area contributed by atoms with Crippen LogP contribution in [0.5, 0.6) is 0 Å². The van der Waals surface area contributed by atoms with Crippen molar-refractivity contribution in [3.63, 3.8) is 0 Å². The van der Waals surface area contributed by atoms with Crippen LogP contribution in [0.4, 0.5) is 5.82 Å². The van der Waals surface area contributed by atoms with Gasteiger partial charge < -0.3 is 5.73 Å². The Labute approximate surface area is 105 Å². The summed E-state index contributed by atoms with van der Waals surface area (Å²) in [4.78, 5) is 10.2. The number of rotatable bonds is 1. The SMILES string of the molecule is Nc1nc(C2CCCCCC2)nc2sccc12. The molecule has 90 valence electrons. The summed E-state index contributed by atoms with van der Waals surface area (Å²) in [5, 5.41) is 3.04. The molecule has 2 heterocycles. The Morgan fingerprint density at radius 3 is 2.65 bits per heavy atom. The van der Waals surface area contributed by atoms with Gasteiger partial charge in [0.2, 0.25) is 0 Å². The molecule has 1 aliphatic rings. The van der Waals surface area contributed by atoms with Gasteiger partial charge in [0.1, 0.15) is 16.5 Å². The van der Waals surface area contributed by atoms with Crippen LogP contribution in [0.3, 0.4) is 0 Å². The third kappa shape index (κ3) is 2.14.